The molecule has 2 unspecified atom stereocenters. The van der Waals surface area contributed by atoms with Crippen molar-refractivity contribution in [3.05, 3.63) is 63.1 Å². The third kappa shape index (κ3) is 7.85. The molecule has 0 radical (unpaired) electrons. The van der Waals surface area contributed by atoms with Crippen LogP contribution in [0.25, 0.3) is 0 Å². The number of benzene rings is 2. The maximum Gasteiger partial charge on any atom is 0.244 e. The summed E-state index contributed by atoms with van der Waals surface area (Å²) in [5.41, 5.74) is 2.60. The summed E-state index contributed by atoms with van der Waals surface area (Å²) >= 11 is 12.4. The number of hydrogen-bond acceptors (Lipinski definition) is 4. The molecule has 2 amide bonds. The van der Waals surface area contributed by atoms with Crippen molar-refractivity contribution in [1.82, 2.24) is 10.2 Å². The largest absolute Gasteiger partial charge is 0.352 e. The molecular formula is C26H35Cl2N3O4S. The van der Waals surface area contributed by atoms with E-state index >= 15 is 0 Å². The predicted octanol–water partition coefficient (Wildman–Crippen LogP) is 5.10. The molecule has 7 nitrogen and oxygen atoms in total. The Kier molecular flexibility index (Phi) is 10.6. The lowest BCUT2D eigenvalue weighted by Crippen LogP contribution is -2.53. The van der Waals surface area contributed by atoms with E-state index in [1.165, 1.54) is 4.90 Å². The van der Waals surface area contributed by atoms with E-state index in [4.69, 9.17) is 23.2 Å². The van der Waals surface area contributed by atoms with Crippen molar-refractivity contribution in [2.24, 2.45) is 0 Å². The van der Waals surface area contributed by atoms with Crippen molar-refractivity contribution in [2.75, 3.05) is 17.1 Å². The van der Waals surface area contributed by atoms with Crippen LogP contribution in [0.4, 0.5) is 5.69 Å². The van der Waals surface area contributed by atoms with Gasteiger partial charge in [-0.1, -0.05) is 55.2 Å². The van der Waals surface area contributed by atoms with Crippen LogP contribution < -0.4 is 9.62 Å². The van der Waals surface area contributed by atoms with Gasteiger partial charge in [0.2, 0.25) is 21.8 Å². The molecular weight excluding hydrogens is 521 g/mol. The van der Waals surface area contributed by atoms with Crippen LogP contribution in [0.3, 0.4) is 0 Å². The minimum absolute atomic E-state index is 0.0195. The molecule has 2 aromatic carbocycles. The summed E-state index contributed by atoms with van der Waals surface area (Å²) in [6, 6.07) is 9.45. The molecule has 0 aliphatic heterocycles. The predicted molar refractivity (Wildman–Crippen MR) is 147 cm³/mol. The Morgan fingerprint density at radius 3 is 2.25 bits per heavy atom. The molecule has 0 aliphatic carbocycles. The average Bonchev–Trinajstić information content (AvgIpc) is 2.79. The van der Waals surface area contributed by atoms with Crippen molar-refractivity contribution in [3.63, 3.8) is 0 Å². The number of sulfonamides is 1. The quantitative estimate of drug-likeness (QED) is 0.418. The highest BCUT2D eigenvalue weighted by Gasteiger charge is 2.32. The molecule has 198 valence electrons. The number of carbonyl (C=O) groups is 2. The minimum atomic E-state index is -3.81. The second-order valence-corrected chi connectivity index (χ2v) is 11.8. The van der Waals surface area contributed by atoms with Gasteiger partial charge in [-0.3, -0.25) is 13.9 Å². The van der Waals surface area contributed by atoms with Crippen LogP contribution in [-0.4, -0.2) is 50.0 Å². The summed E-state index contributed by atoms with van der Waals surface area (Å²) in [4.78, 5) is 28.4. The van der Waals surface area contributed by atoms with Gasteiger partial charge in [0.05, 0.1) is 11.9 Å². The van der Waals surface area contributed by atoms with Crippen LogP contribution in [0.15, 0.2) is 36.4 Å². The van der Waals surface area contributed by atoms with Crippen LogP contribution in [-0.2, 0) is 26.2 Å². The fourth-order valence-electron chi connectivity index (χ4n) is 3.78. The summed E-state index contributed by atoms with van der Waals surface area (Å²) in [5, 5.41) is 3.74. The van der Waals surface area contributed by atoms with E-state index in [0.29, 0.717) is 33.3 Å². The molecule has 2 aromatic rings. The summed E-state index contributed by atoms with van der Waals surface area (Å²) in [7, 11) is -3.81. The third-order valence-corrected chi connectivity index (χ3v) is 7.77. The van der Waals surface area contributed by atoms with Gasteiger partial charge in [-0.15, -0.1) is 0 Å². The second-order valence-electron chi connectivity index (χ2n) is 9.06. The number of carbonyl (C=O) groups excluding carboxylic acids is 2. The number of nitrogens with zero attached hydrogens (tertiary/aromatic N) is 2. The minimum Gasteiger partial charge on any atom is -0.352 e. The maximum absolute atomic E-state index is 13.8. The number of halogens is 2. The van der Waals surface area contributed by atoms with E-state index in [-0.39, 0.29) is 18.5 Å². The van der Waals surface area contributed by atoms with Gasteiger partial charge in [0.25, 0.3) is 0 Å². The number of rotatable bonds is 11. The first kappa shape index (κ1) is 29.9. The van der Waals surface area contributed by atoms with Gasteiger partial charge in [0.1, 0.15) is 12.6 Å². The Morgan fingerprint density at radius 1 is 1.03 bits per heavy atom. The van der Waals surface area contributed by atoms with E-state index in [1.807, 2.05) is 39.8 Å². The molecule has 0 spiro atoms. The van der Waals surface area contributed by atoms with Gasteiger partial charge in [-0.25, -0.2) is 8.42 Å². The zero-order valence-corrected chi connectivity index (χ0v) is 24.0. The smallest absolute Gasteiger partial charge is 0.244 e. The molecule has 0 aromatic heterocycles. The van der Waals surface area contributed by atoms with Crippen LogP contribution >= 0.6 is 23.2 Å². The molecule has 0 aliphatic rings. The highest BCUT2D eigenvalue weighted by atomic mass is 35.5. The standard InChI is InChI=1S/C26H35Cl2N3O4S/c1-7-19(5)29-26(33)23(8-2)30(15-20-11-12-21(27)14-22(20)28)25(32)16-31(36(6,34)35)24-13-17(3)9-10-18(24)4/h9-14,19,23H,7-8,15-16H2,1-6H3,(H,29,33). The van der Waals surface area contributed by atoms with Crippen LogP contribution in [0.1, 0.15) is 50.3 Å². The van der Waals surface area contributed by atoms with Crippen molar-refractivity contribution in [1.29, 1.82) is 0 Å². The number of aryl methyl sites for hydroxylation is 2. The topological polar surface area (TPSA) is 86.8 Å². The first-order valence-electron chi connectivity index (χ1n) is 11.9. The summed E-state index contributed by atoms with van der Waals surface area (Å²) in [6.07, 6.45) is 2.13. The first-order chi connectivity index (χ1) is 16.8. The molecule has 0 heterocycles. The molecule has 0 saturated carbocycles. The average molecular weight is 557 g/mol. The zero-order chi connectivity index (χ0) is 27.2. The van der Waals surface area contributed by atoms with E-state index in [2.05, 4.69) is 5.32 Å². The monoisotopic (exact) mass is 555 g/mol. The third-order valence-electron chi connectivity index (χ3n) is 6.06. The highest BCUT2D eigenvalue weighted by molar-refractivity contribution is 7.92. The molecule has 0 saturated heterocycles. The Hall–Kier alpha value is -2.29. The lowest BCUT2D eigenvalue weighted by atomic mass is 10.1. The van der Waals surface area contributed by atoms with E-state index in [0.717, 1.165) is 22.5 Å². The number of hydrogen-bond donors (Lipinski definition) is 1. The fraction of sp³-hybridized carbons (Fsp3) is 0.462. The van der Waals surface area contributed by atoms with Crippen molar-refractivity contribution >= 4 is 50.7 Å². The maximum atomic E-state index is 13.8. The van der Waals surface area contributed by atoms with Crippen LogP contribution in [0.2, 0.25) is 10.0 Å². The highest BCUT2D eigenvalue weighted by Crippen LogP contribution is 2.26. The van der Waals surface area contributed by atoms with Crippen LogP contribution in [0.5, 0.6) is 0 Å². The van der Waals surface area contributed by atoms with Gasteiger partial charge in [-0.2, -0.15) is 0 Å². The SMILES string of the molecule is CCC(C)NC(=O)C(CC)N(Cc1ccc(Cl)cc1Cl)C(=O)CN(c1cc(C)ccc1C)S(C)(=O)=O. The van der Waals surface area contributed by atoms with Gasteiger partial charge in [0.15, 0.2) is 0 Å². The van der Waals surface area contributed by atoms with E-state index < -0.39 is 28.5 Å². The second kappa shape index (κ2) is 12.8. The summed E-state index contributed by atoms with van der Waals surface area (Å²) in [6.45, 7) is 8.86. The summed E-state index contributed by atoms with van der Waals surface area (Å²) < 4.78 is 26.7. The molecule has 0 fully saturated rings. The van der Waals surface area contributed by atoms with Gasteiger partial charge in [0, 0.05) is 22.6 Å². The van der Waals surface area contributed by atoms with Crippen LogP contribution in [0, 0.1) is 13.8 Å². The number of amides is 2. The number of nitrogens with one attached hydrogen (secondary N) is 1. The van der Waals surface area contributed by atoms with Crippen molar-refractivity contribution < 1.29 is 18.0 Å². The van der Waals surface area contributed by atoms with Crippen molar-refractivity contribution in [2.45, 2.75) is 66.1 Å². The molecule has 36 heavy (non-hydrogen) atoms. The number of anilines is 1. The van der Waals surface area contributed by atoms with E-state index in [9.17, 15) is 18.0 Å². The van der Waals surface area contributed by atoms with Gasteiger partial charge < -0.3 is 10.2 Å². The Morgan fingerprint density at radius 2 is 1.69 bits per heavy atom. The Labute approximate surface area is 224 Å². The lowest BCUT2D eigenvalue weighted by molar-refractivity contribution is -0.140. The first-order valence-corrected chi connectivity index (χ1v) is 14.5. The normalized spacial score (nSPS) is 13.1. The zero-order valence-electron chi connectivity index (χ0n) is 21.6. The molecule has 1 N–H and O–H groups in total. The van der Waals surface area contributed by atoms with Gasteiger partial charge >= 0.3 is 0 Å². The fourth-order valence-corrected chi connectivity index (χ4v) is 5.14. The Balaban J connectivity index is 2.52. The Bertz CT molecular complexity index is 1200. The molecule has 2 atom stereocenters. The molecule has 10 heteroatoms. The van der Waals surface area contributed by atoms with Gasteiger partial charge in [-0.05, 0) is 68.5 Å². The van der Waals surface area contributed by atoms with E-state index in [1.54, 1.807) is 31.2 Å². The van der Waals surface area contributed by atoms with Crippen molar-refractivity contribution in [3.8, 4) is 0 Å². The summed E-state index contributed by atoms with van der Waals surface area (Å²) in [5.74, 6) is -0.818. The molecule has 0 bridgehead atoms. The molecule has 2 rings (SSSR count). The lowest BCUT2D eigenvalue weighted by Gasteiger charge is -2.34.